The second-order valence-electron chi connectivity index (χ2n) is 4.03. The van der Waals surface area contributed by atoms with Crippen LogP contribution in [0.2, 0.25) is 0 Å². The Morgan fingerprint density at radius 1 is 1.45 bits per heavy atom. The number of anilines is 2. The Balaban J connectivity index is 2.16. The smallest absolute Gasteiger partial charge is 0.332 e. The summed E-state index contributed by atoms with van der Waals surface area (Å²) in [7, 11) is 1.66. The molecule has 20 heavy (non-hydrogen) atoms. The van der Waals surface area contributed by atoms with E-state index >= 15 is 0 Å². The van der Waals surface area contributed by atoms with Gasteiger partial charge in [-0.05, 0) is 13.0 Å². The van der Waals surface area contributed by atoms with Crippen LogP contribution in [0.15, 0.2) is 18.5 Å². The highest BCUT2D eigenvalue weighted by Crippen LogP contribution is 2.26. The predicted octanol–water partition coefficient (Wildman–Crippen LogP) is 1.04. The SMILES string of the molecule is CNc1nc(C)c([N+](=O)[O-])c(NCCn2cccn2)n1. The molecule has 0 unspecified atom stereocenters. The maximum Gasteiger partial charge on any atom is 0.332 e. The minimum Gasteiger partial charge on any atom is -0.362 e. The van der Waals surface area contributed by atoms with Gasteiger partial charge in [-0.3, -0.25) is 14.8 Å². The maximum absolute atomic E-state index is 11.1. The van der Waals surface area contributed by atoms with Gasteiger partial charge in [0.25, 0.3) is 0 Å². The van der Waals surface area contributed by atoms with E-state index in [9.17, 15) is 10.1 Å². The molecule has 0 fully saturated rings. The quantitative estimate of drug-likeness (QED) is 0.599. The summed E-state index contributed by atoms with van der Waals surface area (Å²) in [5, 5.41) is 20.9. The molecular weight excluding hydrogens is 262 g/mol. The van der Waals surface area contributed by atoms with Gasteiger partial charge in [0.15, 0.2) is 0 Å². The van der Waals surface area contributed by atoms with Gasteiger partial charge in [0.1, 0.15) is 5.69 Å². The average molecular weight is 277 g/mol. The van der Waals surface area contributed by atoms with Crippen LogP contribution >= 0.6 is 0 Å². The van der Waals surface area contributed by atoms with Crippen molar-refractivity contribution in [3.05, 3.63) is 34.3 Å². The largest absolute Gasteiger partial charge is 0.362 e. The summed E-state index contributed by atoms with van der Waals surface area (Å²) in [4.78, 5) is 18.7. The van der Waals surface area contributed by atoms with Crippen LogP contribution in [0, 0.1) is 17.0 Å². The van der Waals surface area contributed by atoms with Crippen molar-refractivity contribution in [3.8, 4) is 0 Å². The lowest BCUT2D eigenvalue weighted by atomic mass is 10.3. The number of aromatic nitrogens is 4. The summed E-state index contributed by atoms with van der Waals surface area (Å²) in [5.74, 6) is 0.550. The minimum absolute atomic E-state index is 0.107. The predicted molar refractivity (Wildman–Crippen MR) is 73.7 cm³/mol. The van der Waals surface area contributed by atoms with Gasteiger partial charge >= 0.3 is 5.69 Å². The van der Waals surface area contributed by atoms with E-state index in [2.05, 4.69) is 25.7 Å². The van der Waals surface area contributed by atoms with E-state index in [0.717, 1.165) is 0 Å². The average Bonchev–Trinajstić information content (AvgIpc) is 2.90. The van der Waals surface area contributed by atoms with Crippen molar-refractivity contribution in [1.82, 2.24) is 19.7 Å². The molecular formula is C11H15N7O2. The third kappa shape index (κ3) is 2.99. The van der Waals surface area contributed by atoms with Crippen molar-refractivity contribution in [1.29, 1.82) is 0 Å². The molecule has 0 spiro atoms. The Kier molecular flexibility index (Phi) is 4.08. The zero-order chi connectivity index (χ0) is 14.5. The van der Waals surface area contributed by atoms with E-state index in [1.807, 2.05) is 12.3 Å². The first-order valence-corrected chi connectivity index (χ1v) is 6.04. The van der Waals surface area contributed by atoms with Gasteiger partial charge in [-0.15, -0.1) is 0 Å². The van der Waals surface area contributed by atoms with E-state index in [-0.39, 0.29) is 11.5 Å². The van der Waals surface area contributed by atoms with E-state index in [1.165, 1.54) is 0 Å². The maximum atomic E-state index is 11.1. The Labute approximate surface area is 115 Å². The Morgan fingerprint density at radius 2 is 2.25 bits per heavy atom. The van der Waals surface area contributed by atoms with Crippen molar-refractivity contribution in [2.24, 2.45) is 0 Å². The number of hydrogen-bond donors (Lipinski definition) is 2. The van der Waals surface area contributed by atoms with E-state index in [1.54, 1.807) is 24.9 Å². The summed E-state index contributed by atoms with van der Waals surface area (Å²) in [6.45, 7) is 2.64. The molecule has 0 bridgehead atoms. The molecule has 2 heterocycles. The van der Waals surface area contributed by atoms with Gasteiger partial charge in [0.05, 0.1) is 11.5 Å². The second kappa shape index (κ2) is 5.95. The number of aryl methyl sites for hydroxylation is 1. The molecule has 0 atom stereocenters. The van der Waals surface area contributed by atoms with Crippen LogP contribution in [-0.2, 0) is 6.54 Å². The Hall–Kier alpha value is -2.71. The molecule has 106 valence electrons. The summed E-state index contributed by atoms with van der Waals surface area (Å²) in [6.07, 6.45) is 3.50. The highest BCUT2D eigenvalue weighted by atomic mass is 16.6. The number of nitrogens with zero attached hydrogens (tertiary/aromatic N) is 5. The first kappa shape index (κ1) is 13.7. The fourth-order valence-electron chi connectivity index (χ4n) is 1.74. The van der Waals surface area contributed by atoms with Crippen LogP contribution < -0.4 is 10.6 Å². The molecule has 2 rings (SSSR count). The van der Waals surface area contributed by atoms with Crippen LogP contribution in [0.4, 0.5) is 17.5 Å². The molecule has 0 aliphatic heterocycles. The van der Waals surface area contributed by atoms with Gasteiger partial charge < -0.3 is 10.6 Å². The number of nitro groups is 1. The normalized spacial score (nSPS) is 10.3. The first-order valence-electron chi connectivity index (χ1n) is 6.04. The van der Waals surface area contributed by atoms with Crippen molar-refractivity contribution in [2.75, 3.05) is 24.2 Å². The zero-order valence-corrected chi connectivity index (χ0v) is 11.2. The number of nitrogens with one attached hydrogen (secondary N) is 2. The van der Waals surface area contributed by atoms with E-state index < -0.39 is 4.92 Å². The molecule has 2 aromatic heterocycles. The summed E-state index contributed by atoms with van der Waals surface area (Å²) >= 11 is 0. The molecule has 9 nitrogen and oxygen atoms in total. The molecule has 0 saturated heterocycles. The van der Waals surface area contributed by atoms with Crippen LogP contribution in [0.25, 0.3) is 0 Å². The van der Waals surface area contributed by atoms with Crippen molar-refractivity contribution in [3.63, 3.8) is 0 Å². The Bertz CT molecular complexity index is 597. The van der Waals surface area contributed by atoms with Crippen LogP contribution in [0.1, 0.15) is 5.69 Å². The molecule has 0 aliphatic rings. The minimum atomic E-state index is -0.481. The van der Waals surface area contributed by atoms with Gasteiger partial charge in [-0.25, -0.2) is 4.98 Å². The fourth-order valence-corrected chi connectivity index (χ4v) is 1.74. The molecule has 2 aromatic rings. The molecule has 9 heteroatoms. The first-order chi connectivity index (χ1) is 9.61. The fraction of sp³-hybridized carbons (Fsp3) is 0.364. The topological polar surface area (TPSA) is 111 Å². The summed E-state index contributed by atoms with van der Waals surface area (Å²) < 4.78 is 1.73. The molecule has 0 saturated carbocycles. The standard InChI is InChI=1S/C11H15N7O2/c1-8-9(18(19)20)10(16-11(12-2)15-8)13-5-7-17-6-3-4-14-17/h3-4,6H,5,7H2,1-2H3,(H2,12,13,15,16). The lowest BCUT2D eigenvalue weighted by molar-refractivity contribution is -0.385. The molecule has 2 N–H and O–H groups in total. The molecule has 0 radical (unpaired) electrons. The van der Waals surface area contributed by atoms with Crippen molar-refractivity contribution >= 4 is 17.5 Å². The van der Waals surface area contributed by atoms with Crippen molar-refractivity contribution < 1.29 is 4.92 Å². The number of hydrogen-bond acceptors (Lipinski definition) is 7. The van der Waals surface area contributed by atoms with Crippen molar-refractivity contribution in [2.45, 2.75) is 13.5 Å². The molecule has 0 aromatic carbocycles. The van der Waals surface area contributed by atoms with E-state index in [4.69, 9.17) is 0 Å². The van der Waals surface area contributed by atoms with Gasteiger partial charge in [0.2, 0.25) is 11.8 Å². The van der Waals surface area contributed by atoms with E-state index in [0.29, 0.717) is 24.7 Å². The summed E-state index contributed by atoms with van der Waals surface area (Å²) in [6, 6.07) is 1.82. The third-order valence-corrected chi connectivity index (χ3v) is 2.66. The lowest BCUT2D eigenvalue weighted by Crippen LogP contribution is -2.14. The van der Waals surface area contributed by atoms with Crippen LogP contribution in [-0.4, -0.2) is 38.3 Å². The second-order valence-corrected chi connectivity index (χ2v) is 4.03. The highest BCUT2D eigenvalue weighted by Gasteiger charge is 2.21. The van der Waals surface area contributed by atoms with Crippen LogP contribution in [0.3, 0.4) is 0 Å². The third-order valence-electron chi connectivity index (χ3n) is 2.66. The molecule has 0 amide bonds. The monoisotopic (exact) mass is 277 g/mol. The molecule has 0 aliphatic carbocycles. The van der Waals surface area contributed by atoms with Crippen LogP contribution in [0.5, 0.6) is 0 Å². The zero-order valence-electron chi connectivity index (χ0n) is 11.2. The van der Waals surface area contributed by atoms with Gasteiger partial charge in [-0.1, -0.05) is 0 Å². The van der Waals surface area contributed by atoms with Gasteiger partial charge in [-0.2, -0.15) is 10.1 Å². The van der Waals surface area contributed by atoms with Gasteiger partial charge in [0, 0.05) is 26.0 Å². The Morgan fingerprint density at radius 3 is 2.85 bits per heavy atom. The summed E-state index contributed by atoms with van der Waals surface area (Å²) in [5.41, 5.74) is 0.209. The highest BCUT2D eigenvalue weighted by molar-refractivity contribution is 5.60. The lowest BCUT2D eigenvalue weighted by Gasteiger charge is -2.09. The number of rotatable bonds is 6.